The highest BCUT2D eigenvalue weighted by Crippen LogP contribution is 2.24. The number of amides is 1. The molecule has 1 heterocycles. The van der Waals surface area contributed by atoms with Gasteiger partial charge in [-0.3, -0.25) is 14.4 Å². The molecule has 1 N–H and O–H groups in total. The summed E-state index contributed by atoms with van der Waals surface area (Å²) in [6.45, 7) is 6.21. The monoisotopic (exact) mass is 454 g/mol. The molecule has 0 radical (unpaired) electrons. The van der Waals surface area contributed by atoms with Crippen LogP contribution in [0.5, 0.6) is 0 Å². The number of carbonyl (C=O) groups is 3. The molecule has 1 aliphatic heterocycles. The Bertz CT molecular complexity index is 909. The molecule has 1 saturated heterocycles. The number of carboxylic acid groups (broad SMARTS) is 1. The minimum Gasteiger partial charge on any atom is -0.481 e. The van der Waals surface area contributed by atoms with E-state index in [1.807, 2.05) is 0 Å². The van der Waals surface area contributed by atoms with Gasteiger partial charge in [0.1, 0.15) is 18.2 Å². The number of nitrogens with zero attached hydrogens (tertiary/aromatic N) is 2. The third-order valence-corrected chi connectivity index (χ3v) is 6.67. The number of benzene rings is 1. The Kier molecular flexibility index (Phi) is 7.82. The average Bonchev–Trinajstić information content (AvgIpc) is 2.63. The van der Waals surface area contributed by atoms with E-state index in [1.165, 1.54) is 11.8 Å². The van der Waals surface area contributed by atoms with Crippen LogP contribution in [-0.4, -0.2) is 71.9 Å². The maximum Gasteiger partial charge on any atom is 0.326 e. The van der Waals surface area contributed by atoms with E-state index in [2.05, 4.69) is 0 Å². The molecule has 172 valence electrons. The first-order valence-corrected chi connectivity index (χ1v) is 11.7. The quantitative estimate of drug-likeness (QED) is 0.591. The predicted octanol–water partition coefficient (Wildman–Crippen LogP) is 1.48. The number of rotatable bonds is 8. The Morgan fingerprint density at radius 2 is 1.81 bits per heavy atom. The molecule has 1 unspecified atom stereocenters. The zero-order valence-corrected chi connectivity index (χ0v) is 19.1. The standard InChI is InChI=1S/C21H30N2O7S/c1-15(20(26)27)12-17-19(25)22(13-18(24)30-21(2,3)4)10-11-23(17)31(28,29)14-16-8-6-5-7-9-16/h5-9,15,17H,10-14H2,1-4H3,(H,26,27)/t15?,17-/m1/s1. The molecular formula is C21H30N2O7S. The SMILES string of the molecule is CC(C[C@@H]1C(=O)N(CC(=O)OC(C)(C)C)CCN1S(=O)(=O)Cc1ccccc1)C(=O)O. The Labute approximate surface area is 183 Å². The number of hydrogen-bond donors (Lipinski definition) is 1. The lowest BCUT2D eigenvalue weighted by Gasteiger charge is -2.40. The molecule has 0 spiro atoms. The second-order valence-corrected chi connectivity index (χ2v) is 10.6. The number of carbonyl (C=O) groups excluding carboxylic acids is 2. The maximum atomic E-state index is 13.1. The van der Waals surface area contributed by atoms with E-state index in [4.69, 9.17) is 4.74 Å². The highest BCUT2D eigenvalue weighted by Gasteiger charge is 2.43. The second kappa shape index (κ2) is 9.78. The van der Waals surface area contributed by atoms with Gasteiger partial charge in [0.25, 0.3) is 0 Å². The van der Waals surface area contributed by atoms with Crippen molar-refractivity contribution in [2.75, 3.05) is 19.6 Å². The molecule has 1 amide bonds. The topological polar surface area (TPSA) is 121 Å². The van der Waals surface area contributed by atoms with Gasteiger partial charge < -0.3 is 14.7 Å². The van der Waals surface area contributed by atoms with Crippen molar-refractivity contribution < 1.29 is 32.6 Å². The number of esters is 1. The summed E-state index contributed by atoms with van der Waals surface area (Å²) in [5.41, 5.74) is -0.158. The average molecular weight is 455 g/mol. The molecular weight excluding hydrogens is 424 g/mol. The molecule has 1 aromatic carbocycles. The maximum absolute atomic E-state index is 13.1. The van der Waals surface area contributed by atoms with Crippen molar-refractivity contribution >= 4 is 27.9 Å². The molecule has 0 aliphatic carbocycles. The zero-order valence-electron chi connectivity index (χ0n) is 18.3. The minimum atomic E-state index is -3.89. The summed E-state index contributed by atoms with van der Waals surface area (Å²) < 4.78 is 32.5. The molecule has 31 heavy (non-hydrogen) atoms. The summed E-state index contributed by atoms with van der Waals surface area (Å²) >= 11 is 0. The number of ether oxygens (including phenoxy) is 1. The van der Waals surface area contributed by atoms with Crippen LogP contribution >= 0.6 is 0 Å². The summed E-state index contributed by atoms with van der Waals surface area (Å²) in [4.78, 5) is 37.9. The van der Waals surface area contributed by atoms with E-state index in [0.717, 1.165) is 4.31 Å². The molecule has 2 atom stereocenters. The Morgan fingerprint density at radius 3 is 2.35 bits per heavy atom. The molecule has 1 aromatic rings. The lowest BCUT2D eigenvalue weighted by atomic mass is 9.99. The van der Waals surface area contributed by atoms with Crippen molar-refractivity contribution in [3.05, 3.63) is 35.9 Å². The predicted molar refractivity (Wildman–Crippen MR) is 113 cm³/mol. The van der Waals surface area contributed by atoms with Crippen molar-refractivity contribution in [1.82, 2.24) is 9.21 Å². The van der Waals surface area contributed by atoms with E-state index >= 15 is 0 Å². The van der Waals surface area contributed by atoms with Gasteiger partial charge in [-0.15, -0.1) is 0 Å². The second-order valence-electron chi connectivity index (χ2n) is 8.69. The van der Waals surface area contributed by atoms with Gasteiger partial charge in [0, 0.05) is 13.1 Å². The Morgan fingerprint density at radius 1 is 1.19 bits per heavy atom. The third kappa shape index (κ3) is 7.03. The molecule has 9 nitrogen and oxygen atoms in total. The third-order valence-electron chi connectivity index (χ3n) is 4.82. The van der Waals surface area contributed by atoms with Crippen LogP contribution in [0.1, 0.15) is 39.7 Å². The van der Waals surface area contributed by atoms with Crippen LogP contribution in [0, 0.1) is 5.92 Å². The molecule has 1 fully saturated rings. The van der Waals surface area contributed by atoms with E-state index in [1.54, 1.807) is 51.1 Å². The van der Waals surface area contributed by atoms with Crippen molar-refractivity contribution in [2.24, 2.45) is 5.92 Å². The van der Waals surface area contributed by atoms with Crippen molar-refractivity contribution in [3.63, 3.8) is 0 Å². The van der Waals surface area contributed by atoms with Crippen LogP contribution in [-0.2, 0) is 34.9 Å². The fraction of sp³-hybridized carbons (Fsp3) is 0.571. The molecule has 1 aliphatic rings. The number of carboxylic acids is 1. The van der Waals surface area contributed by atoms with Gasteiger partial charge in [-0.05, 0) is 32.8 Å². The first-order chi connectivity index (χ1) is 14.3. The lowest BCUT2D eigenvalue weighted by Crippen LogP contribution is -2.60. The summed E-state index contributed by atoms with van der Waals surface area (Å²) in [5, 5.41) is 9.30. The van der Waals surface area contributed by atoms with Gasteiger partial charge in [-0.2, -0.15) is 4.31 Å². The summed E-state index contributed by atoms with van der Waals surface area (Å²) in [5.74, 6) is -3.57. The highest BCUT2D eigenvalue weighted by molar-refractivity contribution is 7.88. The van der Waals surface area contributed by atoms with Gasteiger partial charge in [0.05, 0.1) is 11.7 Å². The molecule has 0 aromatic heterocycles. The summed E-state index contributed by atoms with van der Waals surface area (Å²) in [6, 6.07) is 7.36. The van der Waals surface area contributed by atoms with Gasteiger partial charge in [-0.1, -0.05) is 37.3 Å². The first kappa shape index (κ1) is 24.8. The van der Waals surface area contributed by atoms with Gasteiger partial charge in [-0.25, -0.2) is 8.42 Å². The Hall–Kier alpha value is -2.46. The molecule has 0 bridgehead atoms. The molecule has 0 saturated carbocycles. The van der Waals surface area contributed by atoms with Crippen LogP contribution in [0.2, 0.25) is 0 Å². The van der Waals surface area contributed by atoms with E-state index in [0.29, 0.717) is 5.56 Å². The van der Waals surface area contributed by atoms with Crippen LogP contribution < -0.4 is 0 Å². The Balaban J connectivity index is 2.25. The van der Waals surface area contributed by atoms with Gasteiger partial charge in [0.15, 0.2) is 0 Å². The fourth-order valence-corrected chi connectivity index (χ4v) is 5.06. The summed E-state index contributed by atoms with van der Waals surface area (Å²) in [7, 11) is -3.89. The number of sulfonamides is 1. The first-order valence-electron chi connectivity index (χ1n) is 10.1. The number of hydrogen-bond acceptors (Lipinski definition) is 6. The van der Waals surface area contributed by atoms with Crippen molar-refractivity contribution in [1.29, 1.82) is 0 Å². The number of aliphatic carboxylic acids is 1. The molecule has 2 rings (SSSR count). The molecule has 10 heteroatoms. The van der Waals surface area contributed by atoms with Crippen molar-refractivity contribution in [2.45, 2.75) is 51.5 Å². The van der Waals surface area contributed by atoms with Crippen molar-refractivity contribution in [3.8, 4) is 0 Å². The minimum absolute atomic E-state index is 0.0179. The van der Waals surface area contributed by atoms with Gasteiger partial charge >= 0.3 is 11.9 Å². The van der Waals surface area contributed by atoms with Crippen LogP contribution in [0.15, 0.2) is 30.3 Å². The van der Waals surface area contributed by atoms with Gasteiger partial charge in [0.2, 0.25) is 15.9 Å². The van der Waals surface area contributed by atoms with Crippen LogP contribution in [0.4, 0.5) is 0 Å². The van der Waals surface area contributed by atoms with E-state index < -0.39 is 45.4 Å². The summed E-state index contributed by atoms with van der Waals surface area (Å²) in [6.07, 6.45) is -0.187. The van der Waals surface area contributed by atoms with E-state index in [-0.39, 0.29) is 31.8 Å². The highest BCUT2D eigenvalue weighted by atomic mass is 32.2. The van der Waals surface area contributed by atoms with Crippen LogP contribution in [0.3, 0.4) is 0 Å². The van der Waals surface area contributed by atoms with E-state index in [9.17, 15) is 27.9 Å². The smallest absolute Gasteiger partial charge is 0.326 e. The largest absolute Gasteiger partial charge is 0.481 e. The normalized spacial score (nSPS) is 19.2. The van der Waals surface area contributed by atoms with Crippen LogP contribution in [0.25, 0.3) is 0 Å². The lowest BCUT2D eigenvalue weighted by molar-refractivity contribution is -0.161. The zero-order chi connectivity index (χ0) is 23.4. The fourth-order valence-electron chi connectivity index (χ4n) is 3.36. The number of piperazine rings is 1.